The number of nitrogens with one attached hydrogen (secondary N) is 1. The zero-order valence-electron chi connectivity index (χ0n) is 10.4. The van der Waals surface area contributed by atoms with Crippen molar-refractivity contribution in [3.63, 3.8) is 0 Å². The summed E-state index contributed by atoms with van der Waals surface area (Å²) in [5.41, 5.74) is 0.469. The van der Waals surface area contributed by atoms with Gasteiger partial charge in [0.15, 0.2) is 0 Å². The molecule has 0 unspecified atom stereocenters. The fourth-order valence-electron chi connectivity index (χ4n) is 1.56. The quantitative estimate of drug-likeness (QED) is 0.839. The summed E-state index contributed by atoms with van der Waals surface area (Å²) in [7, 11) is 1.52. The van der Waals surface area contributed by atoms with Gasteiger partial charge in [0.25, 0.3) is 0 Å². The Bertz CT molecular complexity index is 662. The first-order valence-electron chi connectivity index (χ1n) is 5.51. The number of carboxylic acid groups (broad SMARTS) is 1. The SMILES string of the molecule is COc1ccc(Cl)c(Nc2nc(Cl)ccc2C(=O)O)c1. The minimum atomic E-state index is -1.12. The van der Waals surface area contributed by atoms with Gasteiger partial charge in [-0.3, -0.25) is 0 Å². The molecule has 1 aromatic heterocycles. The van der Waals surface area contributed by atoms with E-state index in [1.54, 1.807) is 18.2 Å². The lowest BCUT2D eigenvalue weighted by molar-refractivity contribution is 0.0697. The van der Waals surface area contributed by atoms with Crippen molar-refractivity contribution in [3.8, 4) is 5.75 Å². The number of methoxy groups -OCH3 is 1. The molecule has 0 aliphatic carbocycles. The van der Waals surface area contributed by atoms with E-state index in [9.17, 15) is 4.79 Å². The van der Waals surface area contributed by atoms with Crippen LogP contribution in [0.15, 0.2) is 30.3 Å². The lowest BCUT2D eigenvalue weighted by Gasteiger charge is -2.11. The average Bonchev–Trinajstić information content (AvgIpc) is 2.41. The van der Waals surface area contributed by atoms with Crippen LogP contribution in [0.4, 0.5) is 11.5 Å². The molecule has 5 nitrogen and oxygen atoms in total. The predicted molar refractivity (Wildman–Crippen MR) is 77.5 cm³/mol. The summed E-state index contributed by atoms with van der Waals surface area (Å²) in [6, 6.07) is 7.73. The third-order valence-corrected chi connectivity index (χ3v) is 3.06. The molecule has 0 aliphatic heterocycles. The van der Waals surface area contributed by atoms with E-state index < -0.39 is 5.97 Å². The number of anilines is 2. The van der Waals surface area contributed by atoms with E-state index >= 15 is 0 Å². The van der Waals surface area contributed by atoms with Crippen molar-refractivity contribution in [1.29, 1.82) is 0 Å². The number of aromatic nitrogens is 1. The van der Waals surface area contributed by atoms with E-state index in [1.165, 1.54) is 19.2 Å². The maximum absolute atomic E-state index is 11.2. The van der Waals surface area contributed by atoms with Gasteiger partial charge in [0.05, 0.1) is 17.8 Å². The number of aromatic carboxylic acids is 1. The van der Waals surface area contributed by atoms with Crippen molar-refractivity contribution >= 4 is 40.7 Å². The molecule has 0 saturated heterocycles. The van der Waals surface area contributed by atoms with Crippen LogP contribution in [-0.4, -0.2) is 23.2 Å². The molecule has 0 saturated carbocycles. The number of carboxylic acids is 1. The summed E-state index contributed by atoms with van der Waals surface area (Å²) in [6.45, 7) is 0. The Hall–Kier alpha value is -1.98. The van der Waals surface area contributed by atoms with Gasteiger partial charge in [-0.2, -0.15) is 0 Å². The molecular weight excluding hydrogens is 303 g/mol. The van der Waals surface area contributed by atoms with E-state index in [-0.39, 0.29) is 16.5 Å². The Kier molecular flexibility index (Phi) is 4.32. The lowest BCUT2D eigenvalue weighted by atomic mass is 10.2. The number of hydrogen-bond donors (Lipinski definition) is 2. The molecule has 0 radical (unpaired) electrons. The van der Waals surface area contributed by atoms with E-state index in [4.69, 9.17) is 33.0 Å². The summed E-state index contributed by atoms with van der Waals surface area (Å²) in [5, 5.41) is 12.6. The van der Waals surface area contributed by atoms with E-state index in [2.05, 4.69) is 10.3 Å². The zero-order chi connectivity index (χ0) is 14.7. The minimum Gasteiger partial charge on any atom is -0.497 e. The van der Waals surface area contributed by atoms with E-state index in [0.29, 0.717) is 16.5 Å². The molecule has 2 rings (SSSR count). The molecule has 2 aromatic rings. The molecule has 0 fully saturated rings. The second kappa shape index (κ2) is 5.98. The highest BCUT2D eigenvalue weighted by molar-refractivity contribution is 6.33. The minimum absolute atomic E-state index is 0.00622. The standard InChI is InChI=1S/C13H10Cl2N2O3/c1-20-7-2-4-9(14)10(6-7)16-12-8(13(18)19)3-5-11(15)17-12/h2-6H,1H3,(H,16,17)(H,18,19). The maximum Gasteiger partial charge on any atom is 0.339 e. The Morgan fingerprint density at radius 2 is 2.05 bits per heavy atom. The number of nitrogens with zero attached hydrogens (tertiary/aromatic N) is 1. The molecule has 1 heterocycles. The van der Waals surface area contributed by atoms with Crippen LogP contribution in [0.25, 0.3) is 0 Å². The van der Waals surface area contributed by atoms with Crippen LogP contribution in [0.1, 0.15) is 10.4 Å². The van der Waals surface area contributed by atoms with Gasteiger partial charge >= 0.3 is 5.97 Å². The van der Waals surface area contributed by atoms with Crippen LogP contribution in [-0.2, 0) is 0 Å². The van der Waals surface area contributed by atoms with Crippen LogP contribution in [0.5, 0.6) is 5.75 Å². The van der Waals surface area contributed by atoms with Crippen molar-refractivity contribution in [3.05, 3.63) is 46.1 Å². The van der Waals surface area contributed by atoms with Crippen molar-refractivity contribution < 1.29 is 14.6 Å². The highest BCUT2D eigenvalue weighted by atomic mass is 35.5. The Morgan fingerprint density at radius 3 is 2.70 bits per heavy atom. The van der Waals surface area contributed by atoms with Crippen LogP contribution in [0, 0.1) is 0 Å². The Labute approximate surface area is 125 Å². The summed E-state index contributed by atoms with van der Waals surface area (Å²) in [5.74, 6) is -0.424. The van der Waals surface area contributed by atoms with E-state index in [0.717, 1.165) is 0 Å². The largest absolute Gasteiger partial charge is 0.497 e. The smallest absolute Gasteiger partial charge is 0.339 e. The van der Waals surface area contributed by atoms with Crippen LogP contribution < -0.4 is 10.1 Å². The third kappa shape index (κ3) is 3.12. The van der Waals surface area contributed by atoms with Gasteiger partial charge in [-0.05, 0) is 24.3 Å². The molecule has 0 spiro atoms. The number of benzene rings is 1. The summed E-state index contributed by atoms with van der Waals surface area (Å²) in [6.07, 6.45) is 0. The van der Waals surface area contributed by atoms with Gasteiger partial charge in [0.1, 0.15) is 22.3 Å². The van der Waals surface area contributed by atoms with Gasteiger partial charge in [-0.15, -0.1) is 0 Å². The normalized spacial score (nSPS) is 10.2. The highest BCUT2D eigenvalue weighted by Gasteiger charge is 2.14. The molecule has 0 bridgehead atoms. The van der Waals surface area contributed by atoms with Gasteiger partial charge in [0, 0.05) is 6.07 Å². The number of pyridine rings is 1. The van der Waals surface area contributed by atoms with Crippen LogP contribution in [0.3, 0.4) is 0 Å². The van der Waals surface area contributed by atoms with Gasteiger partial charge in [-0.1, -0.05) is 23.2 Å². The number of halogens is 2. The van der Waals surface area contributed by atoms with Crippen molar-refractivity contribution in [2.75, 3.05) is 12.4 Å². The third-order valence-electron chi connectivity index (χ3n) is 2.52. The number of hydrogen-bond acceptors (Lipinski definition) is 4. The van der Waals surface area contributed by atoms with Crippen LogP contribution in [0.2, 0.25) is 10.2 Å². The van der Waals surface area contributed by atoms with Crippen molar-refractivity contribution in [2.45, 2.75) is 0 Å². The topological polar surface area (TPSA) is 71.5 Å². The van der Waals surface area contributed by atoms with Crippen LogP contribution >= 0.6 is 23.2 Å². The Morgan fingerprint density at radius 1 is 1.30 bits per heavy atom. The molecule has 0 aliphatic rings. The fourth-order valence-corrected chi connectivity index (χ4v) is 1.87. The lowest BCUT2D eigenvalue weighted by Crippen LogP contribution is -2.05. The first-order valence-corrected chi connectivity index (χ1v) is 6.27. The molecule has 20 heavy (non-hydrogen) atoms. The second-order valence-electron chi connectivity index (χ2n) is 3.81. The monoisotopic (exact) mass is 312 g/mol. The predicted octanol–water partition coefficient (Wildman–Crippen LogP) is 3.84. The van der Waals surface area contributed by atoms with Gasteiger partial charge in [-0.25, -0.2) is 9.78 Å². The summed E-state index contributed by atoms with van der Waals surface area (Å²) in [4.78, 5) is 15.1. The maximum atomic E-state index is 11.2. The van der Waals surface area contributed by atoms with E-state index in [1.807, 2.05) is 0 Å². The second-order valence-corrected chi connectivity index (χ2v) is 4.60. The first-order chi connectivity index (χ1) is 9.51. The fraction of sp³-hybridized carbons (Fsp3) is 0.0769. The number of rotatable bonds is 4. The molecule has 2 N–H and O–H groups in total. The van der Waals surface area contributed by atoms with Crippen molar-refractivity contribution in [2.24, 2.45) is 0 Å². The molecule has 104 valence electrons. The highest BCUT2D eigenvalue weighted by Crippen LogP contribution is 2.30. The average molecular weight is 313 g/mol. The number of carbonyl (C=O) groups is 1. The van der Waals surface area contributed by atoms with Gasteiger partial charge in [0.2, 0.25) is 0 Å². The molecule has 7 heteroatoms. The molecule has 0 amide bonds. The number of ether oxygens (including phenoxy) is 1. The molecule has 0 atom stereocenters. The first kappa shape index (κ1) is 14.4. The Balaban J connectivity index is 2.43. The molecule has 1 aromatic carbocycles. The van der Waals surface area contributed by atoms with Gasteiger partial charge < -0.3 is 15.2 Å². The van der Waals surface area contributed by atoms with Crippen molar-refractivity contribution in [1.82, 2.24) is 4.98 Å². The molecular formula is C13H10Cl2N2O3. The zero-order valence-corrected chi connectivity index (χ0v) is 11.9. The summed E-state index contributed by atoms with van der Waals surface area (Å²) >= 11 is 11.8. The summed E-state index contributed by atoms with van der Waals surface area (Å²) < 4.78 is 5.09.